The van der Waals surface area contributed by atoms with Gasteiger partial charge in [0.15, 0.2) is 0 Å². The number of aliphatic hydroxyl groups excluding tert-OH is 1. The van der Waals surface area contributed by atoms with Gasteiger partial charge in [0.05, 0.1) is 6.10 Å². The van der Waals surface area contributed by atoms with E-state index in [-0.39, 0.29) is 11.5 Å². The number of hydrogen-bond acceptors (Lipinski definition) is 1. The van der Waals surface area contributed by atoms with Crippen LogP contribution in [0.3, 0.4) is 0 Å². The van der Waals surface area contributed by atoms with Crippen LogP contribution in [0.4, 0.5) is 0 Å². The third-order valence-electron chi connectivity index (χ3n) is 1.56. The monoisotopic (exact) mass is 190 g/mol. The summed E-state index contributed by atoms with van der Waals surface area (Å²) in [6.07, 6.45) is 1.13. The van der Waals surface area contributed by atoms with Crippen molar-refractivity contribution < 1.29 is 5.11 Å². The van der Waals surface area contributed by atoms with E-state index in [1.54, 1.807) is 0 Å². The van der Waals surface area contributed by atoms with Crippen molar-refractivity contribution >= 4 is 11.6 Å². The first kappa shape index (κ1) is 12.0. The van der Waals surface area contributed by atoms with Crippen LogP contribution in [0, 0.1) is 5.41 Å². The van der Waals surface area contributed by atoms with E-state index in [1.807, 2.05) is 0 Å². The molecule has 0 aliphatic rings. The van der Waals surface area contributed by atoms with E-state index in [0.29, 0.717) is 12.3 Å². The van der Waals surface area contributed by atoms with Gasteiger partial charge in [-0.1, -0.05) is 32.9 Å². The van der Waals surface area contributed by atoms with E-state index in [2.05, 4.69) is 27.4 Å². The van der Waals surface area contributed by atoms with Crippen molar-refractivity contribution in [2.75, 3.05) is 5.88 Å². The molecule has 1 atom stereocenters. The Labute approximate surface area is 80.4 Å². The highest BCUT2D eigenvalue weighted by Gasteiger charge is 2.16. The highest BCUT2D eigenvalue weighted by molar-refractivity contribution is 6.19. The molecule has 0 fully saturated rings. The molecule has 0 heterocycles. The van der Waals surface area contributed by atoms with Crippen LogP contribution in [0.25, 0.3) is 0 Å². The van der Waals surface area contributed by atoms with Crippen molar-refractivity contribution in [3.63, 3.8) is 0 Å². The maximum absolute atomic E-state index is 9.57. The van der Waals surface area contributed by atoms with Crippen LogP contribution in [-0.2, 0) is 0 Å². The molecule has 0 unspecified atom stereocenters. The fraction of sp³-hybridized carbons (Fsp3) is 0.800. The summed E-state index contributed by atoms with van der Waals surface area (Å²) >= 11 is 5.56. The maximum atomic E-state index is 9.57. The summed E-state index contributed by atoms with van der Waals surface area (Å²) in [6.45, 7) is 10.1. The van der Waals surface area contributed by atoms with Gasteiger partial charge in [0.1, 0.15) is 0 Å². The molecule has 0 aliphatic heterocycles. The number of alkyl halides is 1. The van der Waals surface area contributed by atoms with Crippen LogP contribution in [0.2, 0.25) is 0 Å². The molecule has 1 nitrogen and oxygen atoms in total. The van der Waals surface area contributed by atoms with Crippen molar-refractivity contribution in [1.82, 2.24) is 0 Å². The van der Waals surface area contributed by atoms with Gasteiger partial charge in [0.2, 0.25) is 0 Å². The van der Waals surface area contributed by atoms with E-state index >= 15 is 0 Å². The molecule has 72 valence electrons. The number of rotatable bonds is 4. The molecule has 0 aromatic carbocycles. The lowest BCUT2D eigenvalue weighted by Crippen LogP contribution is -2.18. The van der Waals surface area contributed by atoms with Gasteiger partial charge in [-0.15, -0.1) is 11.6 Å². The van der Waals surface area contributed by atoms with Crippen molar-refractivity contribution in [2.45, 2.75) is 39.7 Å². The van der Waals surface area contributed by atoms with Crippen LogP contribution in [0.1, 0.15) is 33.6 Å². The SMILES string of the molecule is C=C(CCl)C[C@H](O)CC(C)(C)C. The smallest absolute Gasteiger partial charge is 0.0582 e. The lowest BCUT2D eigenvalue weighted by molar-refractivity contribution is 0.121. The second-order valence-corrected chi connectivity index (χ2v) is 4.77. The Bertz CT molecular complexity index is 146. The first-order valence-corrected chi connectivity index (χ1v) is 4.79. The molecular weight excluding hydrogens is 172 g/mol. The minimum absolute atomic E-state index is 0.173. The van der Waals surface area contributed by atoms with Gasteiger partial charge in [0.25, 0.3) is 0 Å². The van der Waals surface area contributed by atoms with E-state index in [9.17, 15) is 5.11 Å². The van der Waals surface area contributed by atoms with Gasteiger partial charge in [0, 0.05) is 5.88 Å². The Morgan fingerprint density at radius 3 is 2.33 bits per heavy atom. The largest absolute Gasteiger partial charge is 0.393 e. The zero-order valence-corrected chi connectivity index (χ0v) is 8.99. The molecule has 0 aliphatic carbocycles. The van der Waals surface area contributed by atoms with Gasteiger partial charge < -0.3 is 5.11 Å². The lowest BCUT2D eigenvalue weighted by atomic mass is 9.87. The topological polar surface area (TPSA) is 20.2 Å². The predicted molar refractivity (Wildman–Crippen MR) is 54.6 cm³/mol. The van der Waals surface area contributed by atoms with Crippen LogP contribution < -0.4 is 0 Å². The number of halogens is 1. The van der Waals surface area contributed by atoms with Gasteiger partial charge in [-0.3, -0.25) is 0 Å². The summed E-state index contributed by atoms with van der Waals surface area (Å²) < 4.78 is 0. The second-order valence-electron chi connectivity index (χ2n) is 4.51. The van der Waals surface area contributed by atoms with Gasteiger partial charge in [-0.05, 0) is 18.3 Å². The maximum Gasteiger partial charge on any atom is 0.0582 e. The minimum atomic E-state index is -0.295. The average molecular weight is 191 g/mol. The van der Waals surface area contributed by atoms with Crippen LogP contribution in [-0.4, -0.2) is 17.1 Å². The molecule has 0 bridgehead atoms. The third kappa shape index (κ3) is 6.68. The van der Waals surface area contributed by atoms with Crippen LogP contribution in [0.5, 0.6) is 0 Å². The van der Waals surface area contributed by atoms with E-state index < -0.39 is 0 Å². The molecule has 0 rings (SSSR count). The molecule has 0 amide bonds. The lowest BCUT2D eigenvalue weighted by Gasteiger charge is -2.22. The van der Waals surface area contributed by atoms with Crippen molar-refractivity contribution in [1.29, 1.82) is 0 Å². The Kier molecular flexibility index (Phi) is 4.88. The van der Waals surface area contributed by atoms with Crippen LogP contribution >= 0.6 is 11.6 Å². The van der Waals surface area contributed by atoms with Crippen molar-refractivity contribution in [2.24, 2.45) is 5.41 Å². The Hall–Kier alpha value is -0.0100. The van der Waals surface area contributed by atoms with E-state index in [1.165, 1.54) is 0 Å². The third-order valence-corrected chi connectivity index (χ3v) is 1.94. The first-order chi connectivity index (χ1) is 5.35. The fourth-order valence-corrected chi connectivity index (χ4v) is 1.28. The second kappa shape index (κ2) is 4.88. The molecule has 0 saturated heterocycles. The normalized spacial score (nSPS) is 14.4. The summed E-state index contributed by atoms with van der Waals surface area (Å²) in [6, 6.07) is 0. The highest BCUT2D eigenvalue weighted by atomic mass is 35.5. The summed E-state index contributed by atoms with van der Waals surface area (Å²) in [5.74, 6) is 0.446. The molecule has 0 spiro atoms. The Morgan fingerprint density at radius 1 is 1.50 bits per heavy atom. The molecule has 2 heteroatoms. The van der Waals surface area contributed by atoms with Gasteiger partial charge >= 0.3 is 0 Å². The minimum Gasteiger partial charge on any atom is -0.393 e. The zero-order valence-electron chi connectivity index (χ0n) is 8.23. The Morgan fingerprint density at radius 2 is 2.00 bits per heavy atom. The van der Waals surface area contributed by atoms with Crippen LogP contribution in [0.15, 0.2) is 12.2 Å². The van der Waals surface area contributed by atoms with Gasteiger partial charge in [-0.25, -0.2) is 0 Å². The number of aliphatic hydroxyl groups is 1. The number of hydrogen-bond donors (Lipinski definition) is 1. The summed E-state index contributed by atoms with van der Waals surface area (Å²) in [4.78, 5) is 0. The molecule has 12 heavy (non-hydrogen) atoms. The highest BCUT2D eigenvalue weighted by Crippen LogP contribution is 2.23. The van der Waals surface area contributed by atoms with E-state index in [4.69, 9.17) is 11.6 Å². The fourth-order valence-electron chi connectivity index (χ4n) is 1.17. The predicted octanol–water partition coefficient (Wildman–Crippen LogP) is 2.97. The summed E-state index contributed by atoms with van der Waals surface area (Å²) in [7, 11) is 0. The molecule has 0 saturated carbocycles. The van der Waals surface area contributed by atoms with Gasteiger partial charge in [-0.2, -0.15) is 0 Å². The quantitative estimate of drug-likeness (QED) is 0.534. The molecule has 0 radical (unpaired) electrons. The Balaban J connectivity index is 3.74. The molecule has 0 aromatic heterocycles. The summed E-state index contributed by atoms with van der Waals surface area (Å²) in [5, 5.41) is 9.57. The van der Waals surface area contributed by atoms with E-state index in [0.717, 1.165) is 12.0 Å². The van der Waals surface area contributed by atoms with Crippen molar-refractivity contribution in [3.8, 4) is 0 Å². The van der Waals surface area contributed by atoms with Crippen molar-refractivity contribution in [3.05, 3.63) is 12.2 Å². The average Bonchev–Trinajstić information content (AvgIpc) is 1.82. The summed E-state index contributed by atoms with van der Waals surface area (Å²) in [5.41, 5.74) is 1.08. The molecule has 0 aromatic rings. The zero-order chi connectivity index (χ0) is 9.78. The standard InChI is InChI=1S/C10H19ClO/c1-8(7-11)5-9(12)6-10(2,3)4/h9,12H,1,5-7H2,2-4H3/t9-/m0/s1. The molecule has 1 N–H and O–H groups in total. The first-order valence-electron chi connectivity index (χ1n) is 4.26. The molecular formula is C10H19ClO.